The predicted octanol–water partition coefficient (Wildman–Crippen LogP) is 5.74. The molecule has 6 N–H and O–H groups in total. The fraction of sp³-hybridized carbons (Fsp3) is 0.0857. The van der Waals surface area contributed by atoms with E-state index >= 15 is 0 Å². The van der Waals surface area contributed by atoms with Gasteiger partial charge in [0.2, 0.25) is 0 Å². The lowest BCUT2D eigenvalue weighted by molar-refractivity contribution is 0.136. The second-order valence-electron chi connectivity index (χ2n) is 10.7. The van der Waals surface area contributed by atoms with Crippen LogP contribution in [0, 0.1) is 0 Å². The Balaban J connectivity index is 1.63. The zero-order chi connectivity index (χ0) is 32.9. The van der Waals surface area contributed by atoms with E-state index in [1.165, 1.54) is 54.6 Å². The van der Waals surface area contributed by atoms with E-state index < -0.39 is 28.5 Å². The summed E-state index contributed by atoms with van der Waals surface area (Å²) >= 11 is 0. The first-order chi connectivity index (χ1) is 21.9. The van der Waals surface area contributed by atoms with Crippen molar-refractivity contribution < 1.29 is 44.2 Å². The van der Waals surface area contributed by atoms with Crippen molar-refractivity contribution in [1.29, 1.82) is 0 Å². The van der Waals surface area contributed by atoms with Crippen molar-refractivity contribution in [3.05, 3.63) is 105 Å². The first-order valence-electron chi connectivity index (χ1n) is 13.8. The summed E-state index contributed by atoms with van der Waals surface area (Å²) < 4.78 is 18.0. The number of fused-ring (bicyclic) bond motifs is 2. The van der Waals surface area contributed by atoms with Gasteiger partial charge in [0.05, 0.1) is 5.56 Å². The molecular formula is C35H26O11. The summed E-state index contributed by atoms with van der Waals surface area (Å²) in [6.07, 6.45) is -1.10. The molecule has 4 aromatic carbocycles. The fourth-order valence-corrected chi connectivity index (χ4v) is 5.03. The van der Waals surface area contributed by atoms with Gasteiger partial charge in [0.25, 0.3) is 0 Å². The number of aliphatic hydroxyl groups is 1. The summed E-state index contributed by atoms with van der Waals surface area (Å²) in [4.78, 5) is 26.3. The van der Waals surface area contributed by atoms with Gasteiger partial charge in [0, 0.05) is 47.0 Å². The maximum atomic E-state index is 13.4. The highest BCUT2D eigenvalue weighted by molar-refractivity contribution is 6.01. The molecule has 2 heterocycles. The zero-order valence-corrected chi connectivity index (χ0v) is 24.1. The molecule has 0 spiro atoms. The van der Waals surface area contributed by atoms with Crippen LogP contribution in [0.2, 0.25) is 0 Å². The third kappa shape index (κ3) is 5.35. The number of phenolic OH excluding ortho intramolecular Hbond substituents is 5. The van der Waals surface area contributed by atoms with Gasteiger partial charge in [-0.3, -0.25) is 9.59 Å². The Morgan fingerprint density at radius 3 is 2.07 bits per heavy atom. The molecule has 0 fully saturated rings. The van der Waals surface area contributed by atoms with Gasteiger partial charge in [-0.05, 0) is 55.0 Å². The standard InChI is InChI=1S/C35H26O11/c1-16(2)27(43)15-44-30-14-26(42)34-25(41)13-28(17-3-6-19(36)7-4-17)46-35(34)32(30)21-9-18(5-8-22(21)38)29-12-24(40)33-23(39)10-20(37)11-31(33)45-29/h3-14,27,36-39,42-43H,1,15H2,2H3/t27-/m1/s1. The minimum absolute atomic E-state index is 0.00974. The smallest absolute Gasteiger partial charge is 0.197 e. The Hall–Kier alpha value is -6.20. The molecule has 6 rings (SSSR count). The summed E-state index contributed by atoms with van der Waals surface area (Å²) in [5.41, 5.74) is -0.319. The lowest BCUT2D eigenvalue weighted by Gasteiger charge is -2.18. The summed E-state index contributed by atoms with van der Waals surface area (Å²) in [6, 6.07) is 15.7. The van der Waals surface area contributed by atoms with E-state index in [0.29, 0.717) is 11.1 Å². The summed E-state index contributed by atoms with van der Waals surface area (Å²) in [5, 5.41) is 62.0. The van der Waals surface area contributed by atoms with Gasteiger partial charge < -0.3 is 44.2 Å². The van der Waals surface area contributed by atoms with Gasteiger partial charge >= 0.3 is 0 Å². The second-order valence-corrected chi connectivity index (χ2v) is 10.7. The van der Waals surface area contributed by atoms with Gasteiger partial charge in [0.15, 0.2) is 16.4 Å². The summed E-state index contributed by atoms with van der Waals surface area (Å²) in [7, 11) is 0. The fourth-order valence-electron chi connectivity index (χ4n) is 5.03. The minimum atomic E-state index is -1.10. The van der Waals surface area contributed by atoms with Crippen LogP contribution in [0.1, 0.15) is 6.92 Å². The molecule has 46 heavy (non-hydrogen) atoms. The monoisotopic (exact) mass is 622 g/mol. The predicted molar refractivity (Wildman–Crippen MR) is 169 cm³/mol. The number of rotatable bonds is 7. The molecule has 0 amide bonds. The van der Waals surface area contributed by atoms with Crippen molar-refractivity contribution in [2.75, 3.05) is 6.61 Å². The van der Waals surface area contributed by atoms with Gasteiger partial charge in [-0.25, -0.2) is 0 Å². The van der Waals surface area contributed by atoms with E-state index in [2.05, 4.69) is 6.58 Å². The van der Waals surface area contributed by atoms with Gasteiger partial charge in [-0.15, -0.1) is 0 Å². The molecular weight excluding hydrogens is 596 g/mol. The van der Waals surface area contributed by atoms with Crippen LogP contribution in [0.4, 0.5) is 0 Å². The molecule has 0 saturated carbocycles. The Morgan fingerprint density at radius 2 is 1.37 bits per heavy atom. The van der Waals surface area contributed by atoms with E-state index in [-0.39, 0.29) is 79.8 Å². The number of phenols is 5. The highest BCUT2D eigenvalue weighted by Gasteiger charge is 2.24. The molecule has 0 aliphatic heterocycles. The van der Waals surface area contributed by atoms with Crippen molar-refractivity contribution in [2.24, 2.45) is 0 Å². The molecule has 0 saturated heterocycles. The van der Waals surface area contributed by atoms with Crippen LogP contribution in [0.3, 0.4) is 0 Å². The number of hydrogen-bond donors (Lipinski definition) is 6. The molecule has 0 aliphatic rings. The Morgan fingerprint density at radius 1 is 0.739 bits per heavy atom. The van der Waals surface area contributed by atoms with Crippen LogP contribution in [0.25, 0.3) is 55.7 Å². The lowest BCUT2D eigenvalue weighted by atomic mass is 9.96. The highest BCUT2D eigenvalue weighted by atomic mass is 16.5. The normalized spacial score (nSPS) is 12.0. The average molecular weight is 623 g/mol. The molecule has 1 atom stereocenters. The third-order valence-electron chi connectivity index (χ3n) is 7.41. The number of aromatic hydroxyl groups is 5. The molecule has 232 valence electrons. The van der Waals surface area contributed by atoms with Crippen LogP contribution < -0.4 is 15.6 Å². The van der Waals surface area contributed by atoms with Crippen LogP contribution in [0.5, 0.6) is 34.5 Å². The number of benzene rings is 4. The van der Waals surface area contributed by atoms with Crippen LogP contribution >= 0.6 is 0 Å². The maximum absolute atomic E-state index is 13.4. The lowest BCUT2D eigenvalue weighted by Crippen LogP contribution is -2.18. The number of hydrogen-bond acceptors (Lipinski definition) is 11. The van der Waals surface area contributed by atoms with Gasteiger partial charge in [-0.2, -0.15) is 0 Å². The van der Waals surface area contributed by atoms with E-state index in [1.54, 1.807) is 6.92 Å². The SMILES string of the molecule is C=C(C)[C@H](O)COc1cc(O)c2c(=O)cc(-c3ccc(O)cc3)oc2c1-c1cc(-c2cc(=O)c3c(O)cc(O)cc3o2)ccc1O. The molecule has 0 bridgehead atoms. The summed E-state index contributed by atoms with van der Waals surface area (Å²) in [6.45, 7) is 5.01. The first kappa shape index (κ1) is 29.9. The van der Waals surface area contributed by atoms with E-state index in [1.807, 2.05) is 0 Å². The van der Waals surface area contributed by atoms with E-state index in [0.717, 1.165) is 18.2 Å². The summed E-state index contributed by atoms with van der Waals surface area (Å²) in [5.74, 6) is -1.58. The van der Waals surface area contributed by atoms with Gasteiger partial charge in [0.1, 0.15) is 75.1 Å². The number of ether oxygens (including phenoxy) is 1. The van der Waals surface area contributed by atoms with Gasteiger partial charge in [-0.1, -0.05) is 6.58 Å². The Kier molecular flexibility index (Phi) is 7.38. The first-order valence-corrected chi connectivity index (χ1v) is 13.8. The molecule has 2 aromatic heterocycles. The molecule has 0 aliphatic carbocycles. The maximum Gasteiger partial charge on any atom is 0.197 e. The number of aliphatic hydroxyl groups excluding tert-OH is 1. The topological polar surface area (TPSA) is 191 Å². The highest BCUT2D eigenvalue weighted by Crippen LogP contribution is 2.46. The molecule has 11 nitrogen and oxygen atoms in total. The zero-order valence-electron chi connectivity index (χ0n) is 24.1. The second kappa shape index (κ2) is 11.4. The van der Waals surface area contributed by atoms with Crippen LogP contribution in [-0.2, 0) is 0 Å². The Bertz CT molecular complexity index is 2300. The molecule has 6 aromatic rings. The largest absolute Gasteiger partial charge is 0.508 e. The third-order valence-corrected chi connectivity index (χ3v) is 7.41. The molecule has 11 heteroatoms. The minimum Gasteiger partial charge on any atom is -0.508 e. The molecule has 0 radical (unpaired) electrons. The van der Waals surface area contributed by atoms with Crippen molar-refractivity contribution in [3.63, 3.8) is 0 Å². The van der Waals surface area contributed by atoms with Crippen molar-refractivity contribution >= 4 is 21.9 Å². The Labute approximate surface area is 259 Å². The van der Waals surface area contributed by atoms with Crippen LogP contribution in [-0.4, -0.2) is 43.4 Å². The average Bonchev–Trinajstić information content (AvgIpc) is 2.99. The van der Waals surface area contributed by atoms with Crippen LogP contribution in [0.15, 0.2) is 103 Å². The van der Waals surface area contributed by atoms with E-state index in [4.69, 9.17) is 13.6 Å². The van der Waals surface area contributed by atoms with Crippen molar-refractivity contribution in [3.8, 4) is 68.3 Å². The van der Waals surface area contributed by atoms with Crippen molar-refractivity contribution in [2.45, 2.75) is 13.0 Å². The van der Waals surface area contributed by atoms with Crippen molar-refractivity contribution in [1.82, 2.24) is 0 Å². The quantitative estimate of drug-likeness (QED) is 0.119. The van der Waals surface area contributed by atoms with E-state index in [9.17, 15) is 40.2 Å². The molecule has 0 unspecified atom stereocenters.